The lowest BCUT2D eigenvalue weighted by Crippen LogP contribution is -2.51. The van der Waals surface area contributed by atoms with Gasteiger partial charge in [0.1, 0.15) is 12.7 Å². The molecule has 1 aromatic heterocycles. The minimum absolute atomic E-state index is 0.669. The molecule has 5 heteroatoms. The maximum atomic E-state index is 4.24. The minimum Gasteiger partial charge on any atom is -0.338 e. The maximum Gasteiger partial charge on any atom is 0.228 e. The molecule has 1 saturated heterocycles. The summed E-state index contributed by atoms with van der Waals surface area (Å²) in [5.41, 5.74) is 3.06. The fraction of sp³-hybridized carbons (Fsp3) is 0.438. The summed E-state index contributed by atoms with van der Waals surface area (Å²) in [5.74, 6) is 0.805. The molecule has 0 amide bonds. The van der Waals surface area contributed by atoms with E-state index in [9.17, 15) is 0 Å². The number of benzene rings is 1. The third kappa shape index (κ3) is 2.49. The zero-order valence-electron chi connectivity index (χ0n) is 12.0. The Morgan fingerprint density at radius 2 is 1.48 bits per heavy atom. The minimum atomic E-state index is 0.669. The lowest BCUT2D eigenvalue weighted by molar-refractivity contribution is 0.189. The van der Waals surface area contributed by atoms with E-state index in [1.54, 1.807) is 12.7 Å². The summed E-state index contributed by atoms with van der Waals surface area (Å²) in [6.45, 7) is 4.17. The molecule has 2 aromatic rings. The van der Waals surface area contributed by atoms with Crippen LogP contribution in [0.5, 0.6) is 0 Å². The van der Waals surface area contributed by atoms with Crippen LogP contribution in [-0.4, -0.2) is 52.1 Å². The van der Waals surface area contributed by atoms with E-state index in [-0.39, 0.29) is 0 Å². The van der Waals surface area contributed by atoms with Gasteiger partial charge in [-0.05, 0) is 24.0 Å². The average Bonchev–Trinajstić information content (AvgIpc) is 3.00. The quantitative estimate of drug-likeness (QED) is 0.826. The van der Waals surface area contributed by atoms with Crippen molar-refractivity contribution in [2.24, 2.45) is 0 Å². The summed E-state index contributed by atoms with van der Waals surface area (Å²) in [7, 11) is 0. The predicted octanol–water partition coefficient (Wildman–Crippen LogP) is 1.16. The lowest BCUT2D eigenvalue weighted by atomic mass is 10.1. The molecule has 2 heterocycles. The normalized spacial score (nSPS) is 19.7. The molecular weight excluding hydrogens is 262 g/mol. The molecule has 0 spiro atoms. The van der Waals surface area contributed by atoms with E-state index < -0.39 is 0 Å². The van der Waals surface area contributed by atoms with Gasteiger partial charge >= 0.3 is 0 Å². The van der Waals surface area contributed by atoms with E-state index in [1.807, 2.05) is 0 Å². The molecule has 1 aliphatic carbocycles. The van der Waals surface area contributed by atoms with Gasteiger partial charge in [-0.1, -0.05) is 24.3 Å². The Morgan fingerprint density at radius 3 is 2.10 bits per heavy atom. The van der Waals surface area contributed by atoms with Crippen LogP contribution in [0.1, 0.15) is 11.1 Å². The van der Waals surface area contributed by atoms with Gasteiger partial charge in [0.2, 0.25) is 5.95 Å². The van der Waals surface area contributed by atoms with Crippen LogP contribution in [0.25, 0.3) is 0 Å². The first-order chi connectivity index (χ1) is 10.4. The third-order valence-electron chi connectivity index (χ3n) is 4.62. The largest absolute Gasteiger partial charge is 0.338 e. The highest BCUT2D eigenvalue weighted by Gasteiger charge is 2.29. The Hall–Kier alpha value is -2.01. The van der Waals surface area contributed by atoms with Gasteiger partial charge in [-0.15, -0.1) is 0 Å². The van der Waals surface area contributed by atoms with Crippen molar-refractivity contribution >= 4 is 5.95 Å². The Morgan fingerprint density at radius 1 is 0.857 bits per heavy atom. The molecule has 0 saturated carbocycles. The Balaban J connectivity index is 1.39. The van der Waals surface area contributed by atoms with E-state index in [4.69, 9.17) is 0 Å². The number of nitrogens with zero attached hydrogens (tertiary/aromatic N) is 5. The van der Waals surface area contributed by atoms with Crippen molar-refractivity contribution in [3.63, 3.8) is 0 Å². The highest BCUT2D eigenvalue weighted by molar-refractivity contribution is 5.34. The zero-order valence-corrected chi connectivity index (χ0v) is 12.0. The van der Waals surface area contributed by atoms with Crippen molar-refractivity contribution in [2.75, 3.05) is 31.1 Å². The van der Waals surface area contributed by atoms with E-state index in [2.05, 4.69) is 49.0 Å². The number of aromatic nitrogens is 3. The number of anilines is 1. The Bertz CT molecular complexity index is 582. The molecule has 5 nitrogen and oxygen atoms in total. The van der Waals surface area contributed by atoms with Crippen LogP contribution in [-0.2, 0) is 12.8 Å². The van der Waals surface area contributed by atoms with Gasteiger partial charge in [-0.3, -0.25) is 4.90 Å². The second-order valence-electron chi connectivity index (χ2n) is 5.79. The molecular formula is C16H19N5. The fourth-order valence-electron chi connectivity index (χ4n) is 3.48. The van der Waals surface area contributed by atoms with Crippen LogP contribution >= 0.6 is 0 Å². The average molecular weight is 281 g/mol. The second kappa shape index (κ2) is 5.41. The maximum absolute atomic E-state index is 4.24. The topological polar surface area (TPSA) is 45.2 Å². The highest BCUT2D eigenvalue weighted by Crippen LogP contribution is 2.26. The molecule has 1 aromatic carbocycles. The third-order valence-corrected chi connectivity index (χ3v) is 4.62. The number of fused-ring (bicyclic) bond motifs is 1. The second-order valence-corrected chi connectivity index (χ2v) is 5.79. The van der Waals surface area contributed by atoms with Crippen LogP contribution in [0.15, 0.2) is 36.9 Å². The van der Waals surface area contributed by atoms with E-state index >= 15 is 0 Å². The van der Waals surface area contributed by atoms with Crippen molar-refractivity contribution in [1.82, 2.24) is 19.9 Å². The summed E-state index contributed by atoms with van der Waals surface area (Å²) in [6.07, 6.45) is 5.54. The van der Waals surface area contributed by atoms with E-state index in [0.29, 0.717) is 6.04 Å². The fourth-order valence-corrected chi connectivity index (χ4v) is 3.48. The summed E-state index contributed by atoms with van der Waals surface area (Å²) >= 11 is 0. The van der Waals surface area contributed by atoms with Gasteiger partial charge in [-0.25, -0.2) is 15.0 Å². The molecule has 21 heavy (non-hydrogen) atoms. The van der Waals surface area contributed by atoms with Gasteiger partial charge in [-0.2, -0.15) is 0 Å². The standard InChI is InChI=1S/C16H19N5/c1-2-4-14-10-15(9-13(14)3-1)20-5-7-21(8-6-20)16-18-11-17-12-19-16/h1-4,11-12,15H,5-10H2. The molecule has 1 fully saturated rings. The summed E-state index contributed by atoms with van der Waals surface area (Å²) < 4.78 is 0. The molecule has 1 aliphatic heterocycles. The SMILES string of the molecule is c1ccc2c(c1)CC(N1CCN(c3ncncn3)CC1)C2. The van der Waals surface area contributed by atoms with Crippen LogP contribution in [0.3, 0.4) is 0 Å². The summed E-state index contributed by atoms with van der Waals surface area (Å²) in [4.78, 5) is 17.2. The highest BCUT2D eigenvalue weighted by atomic mass is 15.3. The van der Waals surface area contributed by atoms with Crippen molar-refractivity contribution in [2.45, 2.75) is 18.9 Å². The Labute approximate surface area is 124 Å². The van der Waals surface area contributed by atoms with Crippen LogP contribution in [0, 0.1) is 0 Å². The van der Waals surface area contributed by atoms with Gasteiger partial charge < -0.3 is 4.90 Å². The summed E-state index contributed by atoms with van der Waals surface area (Å²) in [5, 5.41) is 0. The van der Waals surface area contributed by atoms with Crippen LogP contribution in [0.4, 0.5) is 5.95 Å². The first kappa shape index (κ1) is 12.7. The molecule has 108 valence electrons. The number of rotatable bonds is 2. The first-order valence-corrected chi connectivity index (χ1v) is 7.58. The Kier molecular flexibility index (Phi) is 3.27. The van der Waals surface area contributed by atoms with Crippen molar-refractivity contribution in [1.29, 1.82) is 0 Å². The molecule has 0 unspecified atom stereocenters. The zero-order chi connectivity index (χ0) is 14.1. The number of hydrogen-bond acceptors (Lipinski definition) is 5. The molecule has 4 rings (SSSR count). The lowest BCUT2D eigenvalue weighted by Gasteiger charge is -2.37. The van der Waals surface area contributed by atoms with E-state index in [0.717, 1.165) is 32.1 Å². The van der Waals surface area contributed by atoms with Crippen molar-refractivity contribution < 1.29 is 0 Å². The van der Waals surface area contributed by atoms with Gasteiger partial charge in [0, 0.05) is 32.2 Å². The molecule has 2 aliphatic rings. The predicted molar refractivity (Wildman–Crippen MR) is 81.3 cm³/mol. The number of hydrogen-bond donors (Lipinski definition) is 0. The number of piperazine rings is 1. The molecule has 0 atom stereocenters. The monoisotopic (exact) mass is 281 g/mol. The molecule has 0 bridgehead atoms. The van der Waals surface area contributed by atoms with Crippen molar-refractivity contribution in [3.05, 3.63) is 48.0 Å². The first-order valence-electron chi connectivity index (χ1n) is 7.58. The van der Waals surface area contributed by atoms with E-state index in [1.165, 1.54) is 24.0 Å². The van der Waals surface area contributed by atoms with Crippen LogP contribution < -0.4 is 4.90 Å². The van der Waals surface area contributed by atoms with Gasteiger partial charge in [0.25, 0.3) is 0 Å². The molecule has 0 radical (unpaired) electrons. The van der Waals surface area contributed by atoms with Crippen LogP contribution in [0.2, 0.25) is 0 Å². The van der Waals surface area contributed by atoms with Gasteiger partial charge in [0.15, 0.2) is 0 Å². The van der Waals surface area contributed by atoms with Gasteiger partial charge in [0.05, 0.1) is 0 Å². The molecule has 0 N–H and O–H groups in total. The smallest absolute Gasteiger partial charge is 0.228 e. The summed E-state index contributed by atoms with van der Waals surface area (Å²) in [6, 6.07) is 9.52. The van der Waals surface area contributed by atoms with Crippen molar-refractivity contribution in [3.8, 4) is 0 Å².